The van der Waals surface area contributed by atoms with Crippen LogP contribution in [0.15, 0.2) is 30.3 Å². The molecule has 0 spiro atoms. The van der Waals surface area contributed by atoms with Gasteiger partial charge in [-0.1, -0.05) is 6.07 Å². The number of nitrogens with one attached hydrogen (secondary N) is 1. The summed E-state index contributed by atoms with van der Waals surface area (Å²) in [6.07, 6.45) is 0. The molecular formula is C16H17NO4S. The van der Waals surface area contributed by atoms with Gasteiger partial charge in [0.15, 0.2) is 0 Å². The zero-order chi connectivity index (χ0) is 16.1. The monoisotopic (exact) mass is 319 g/mol. The van der Waals surface area contributed by atoms with Crippen LogP contribution in [-0.2, 0) is 4.74 Å². The van der Waals surface area contributed by atoms with Gasteiger partial charge in [0, 0.05) is 5.56 Å². The van der Waals surface area contributed by atoms with E-state index in [4.69, 9.17) is 9.47 Å². The van der Waals surface area contributed by atoms with Crippen LogP contribution in [0.5, 0.6) is 5.75 Å². The molecule has 1 heterocycles. The molecule has 0 aliphatic heterocycles. The molecule has 0 aliphatic rings. The van der Waals surface area contributed by atoms with E-state index in [2.05, 4.69) is 5.32 Å². The first-order chi connectivity index (χ1) is 10.5. The first-order valence-corrected chi connectivity index (χ1v) is 7.59. The van der Waals surface area contributed by atoms with E-state index in [0.29, 0.717) is 27.8 Å². The lowest BCUT2D eigenvalue weighted by Crippen LogP contribution is -2.10. The number of carbonyl (C=O) groups excluding carboxylic acids is 2. The summed E-state index contributed by atoms with van der Waals surface area (Å²) in [6.45, 7) is 3.89. The lowest BCUT2D eigenvalue weighted by atomic mass is 10.2. The molecule has 22 heavy (non-hydrogen) atoms. The Morgan fingerprint density at radius 2 is 2.05 bits per heavy atom. The number of rotatable bonds is 5. The predicted molar refractivity (Wildman–Crippen MR) is 86.0 cm³/mol. The molecule has 116 valence electrons. The maximum Gasteiger partial charge on any atom is 0.348 e. The Morgan fingerprint density at radius 3 is 2.73 bits per heavy atom. The number of anilines is 1. The number of carbonyl (C=O) groups is 2. The summed E-state index contributed by atoms with van der Waals surface area (Å²) in [5.41, 5.74) is 1.27. The molecule has 5 nitrogen and oxygen atoms in total. The predicted octanol–water partition coefficient (Wildman–Crippen LogP) is 3.49. The molecule has 2 aromatic rings. The Labute approximate surface area is 132 Å². The summed E-state index contributed by atoms with van der Waals surface area (Å²) in [5, 5.41) is 3.39. The van der Waals surface area contributed by atoms with Gasteiger partial charge >= 0.3 is 5.97 Å². The molecule has 0 radical (unpaired) electrons. The molecule has 1 amide bonds. The lowest BCUT2D eigenvalue weighted by molar-refractivity contribution is 0.0531. The fourth-order valence-electron chi connectivity index (χ4n) is 1.89. The van der Waals surface area contributed by atoms with Crippen molar-refractivity contribution in [1.29, 1.82) is 0 Å². The molecule has 0 bridgehead atoms. The fraction of sp³-hybridized carbons (Fsp3) is 0.250. The molecule has 1 aromatic heterocycles. The summed E-state index contributed by atoms with van der Waals surface area (Å²) < 4.78 is 10.1. The van der Waals surface area contributed by atoms with E-state index >= 15 is 0 Å². The average molecular weight is 319 g/mol. The van der Waals surface area contributed by atoms with Crippen LogP contribution in [0.3, 0.4) is 0 Å². The third kappa shape index (κ3) is 3.65. The standard InChI is InChI=1S/C16H17NO4S/c1-4-21-16(19)14-10(2)8-13(22-14)17-15(18)11-6-5-7-12(9-11)20-3/h5-9H,4H2,1-3H3,(H,17,18). The van der Waals surface area contributed by atoms with E-state index in [9.17, 15) is 9.59 Å². The summed E-state index contributed by atoms with van der Waals surface area (Å²) in [6, 6.07) is 8.63. The first kappa shape index (κ1) is 16.0. The van der Waals surface area contributed by atoms with Gasteiger partial charge in [0.2, 0.25) is 0 Å². The van der Waals surface area contributed by atoms with Gasteiger partial charge in [0.25, 0.3) is 5.91 Å². The van der Waals surface area contributed by atoms with Crippen molar-refractivity contribution in [3.63, 3.8) is 0 Å². The fourth-order valence-corrected chi connectivity index (χ4v) is 2.85. The van der Waals surface area contributed by atoms with Crippen LogP contribution < -0.4 is 10.1 Å². The molecule has 2 rings (SSSR count). The maximum atomic E-state index is 12.2. The van der Waals surface area contributed by atoms with Crippen LogP contribution in [0.2, 0.25) is 0 Å². The quantitative estimate of drug-likeness (QED) is 0.857. The molecule has 0 atom stereocenters. The number of benzene rings is 1. The number of hydrogen-bond acceptors (Lipinski definition) is 5. The van der Waals surface area contributed by atoms with Crippen molar-refractivity contribution in [2.45, 2.75) is 13.8 Å². The summed E-state index contributed by atoms with van der Waals surface area (Å²) in [4.78, 5) is 24.5. The molecule has 0 saturated heterocycles. The van der Waals surface area contributed by atoms with Crippen LogP contribution in [0.4, 0.5) is 5.00 Å². The highest BCUT2D eigenvalue weighted by atomic mass is 32.1. The average Bonchev–Trinajstić information content (AvgIpc) is 2.88. The zero-order valence-electron chi connectivity index (χ0n) is 12.6. The zero-order valence-corrected chi connectivity index (χ0v) is 13.5. The number of methoxy groups -OCH3 is 1. The van der Waals surface area contributed by atoms with Crippen molar-refractivity contribution >= 4 is 28.2 Å². The van der Waals surface area contributed by atoms with Gasteiger partial charge < -0.3 is 14.8 Å². The van der Waals surface area contributed by atoms with Gasteiger partial charge in [-0.3, -0.25) is 4.79 Å². The van der Waals surface area contributed by atoms with Crippen LogP contribution in [0.1, 0.15) is 32.5 Å². The molecule has 1 aromatic carbocycles. The lowest BCUT2D eigenvalue weighted by Gasteiger charge is -2.04. The minimum atomic E-state index is -0.369. The highest BCUT2D eigenvalue weighted by Gasteiger charge is 2.16. The van der Waals surface area contributed by atoms with E-state index < -0.39 is 0 Å². The summed E-state index contributed by atoms with van der Waals surface area (Å²) in [7, 11) is 1.55. The van der Waals surface area contributed by atoms with Gasteiger partial charge in [-0.15, -0.1) is 11.3 Å². The highest BCUT2D eigenvalue weighted by molar-refractivity contribution is 7.18. The van der Waals surface area contributed by atoms with E-state index in [0.717, 1.165) is 5.56 Å². The molecule has 0 unspecified atom stereocenters. The molecule has 1 N–H and O–H groups in total. The Bertz CT molecular complexity index is 693. The van der Waals surface area contributed by atoms with Crippen molar-refractivity contribution in [3.8, 4) is 5.75 Å². The topological polar surface area (TPSA) is 64.6 Å². The number of thiophene rings is 1. The van der Waals surface area contributed by atoms with E-state index in [1.807, 2.05) is 6.92 Å². The highest BCUT2D eigenvalue weighted by Crippen LogP contribution is 2.28. The number of ether oxygens (including phenoxy) is 2. The van der Waals surface area contributed by atoms with Crippen molar-refractivity contribution in [3.05, 3.63) is 46.3 Å². The molecule has 0 saturated carbocycles. The SMILES string of the molecule is CCOC(=O)c1sc(NC(=O)c2cccc(OC)c2)cc1C. The van der Waals surface area contributed by atoms with Crippen molar-refractivity contribution in [1.82, 2.24) is 0 Å². The number of esters is 1. The second kappa shape index (κ2) is 7.09. The smallest absolute Gasteiger partial charge is 0.348 e. The normalized spacial score (nSPS) is 10.1. The third-order valence-electron chi connectivity index (χ3n) is 2.95. The number of hydrogen-bond donors (Lipinski definition) is 1. The van der Waals surface area contributed by atoms with Gasteiger partial charge in [-0.25, -0.2) is 4.79 Å². The van der Waals surface area contributed by atoms with Crippen LogP contribution in [-0.4, -0.2) is 25.6 Å². The van der Waals surface area contributed by atoms with Gasteiger partial charge in [-0.05, 0) is 43.7 Å². The van der Waals surface area contributed by atoms with E-state index in [1.165, 1.54) is 11.3 Å². The van der Waals surface area contributed by atoms with Crippen molar-refractivity contribution < 1.29 is 19.1 Å². The molecular weight excluding hydrogens is 302 g/mol. The number of aryl methyl sites for hydroxylation is 1. The Balaban J connectivity index is 2.15. The van der Waals surface area contributed by atoms with Crippen LogP contribution in [0, 0.1) is 6.92 Å². The Hall–Kier alpha value is -2.34. The largest absolute Gasteiger partial charge is 0.497 e. The van der Waals surface area contributed by atoms with E-state index in [1.54, 1.807) is 44.4 Å². The molecule has 0 aliphatic carbocycles. The second-order valence-electron chi connectivity index (χ2n) is 4.53. The van der Waals surface area contributed by atoms with Crippen molar-refractivity contribution in [2.24, 2.45) is 0 Å². The minimum absolute atomic E-state index is 0.254. The van der Waals surface area contributed by atoms with Gasteiger partial charge in [0.05, 0.1) is 18.7 Å². The van der Waals surface area contributed by atoms with Gasteiger partial charge in [0.1, 0.15) is 10.6 Å². The maximum absolute atomic E-state index is 12.2. The number of amides is 1. The Morgan fingerprint density at radius 1 is 1.27 bits per heavy atom. The summed E-state index contributed by atoms with van der Waals surface area (Å²) in [5.74, 6) is -0.00957. The van der Waals surface area contributed by atoms with Gasteiger partial charge in [-0.2, -0.15) is 0 Å². The third-order valence-corrected chi connectivity index (χ3v) is 4.08. The molecule has 0 fully saturated rings. The van der Waals surface area contributed by atoms with E-state index in [-0.39, 0.29) is 11.9 Å². The first-order valence-electron chi connectivity index (χ1n) is 6.78. The van der Waals surface area contributed by atoms with Crippen LogP contribution in [0.25, 0.3) is 0 Å². The van der Waals surface area contributed by atoms with Crippen LogP contribution >= 0.6 is 11.3 Å². The minimum Gasteiger partial charge on any atom is -0.497 e. The molecule has 6 heteroatoms. The summed E-state index contributed by atoms with van der Waals surface area (Å²) >= 11 is 1.20. The Kier molecular flexibility index (Phi) is 5.16. The van der Waals surface area contributed by atoms with Crippen molar-refractivity contribution in [2.75, 3.05) is 19.0 Å². The second-order valence-corrected chi connectivity index (χ2v) is 5.58.